The van der Waals surface area contributed by atoms with E-state index in [1.165, 1.54) is 14.2 Å². The summed E-state index contributed by atoms with van der Waals surface area (Å²) in [6, 6.07) is 22.3. The van der Waals surface area contributed by atoms with Gasteiger partial charge in [-0.3, -0.25) is 4.79 Å². The molecule has 0 spiro atoms. The van der Waals surface area contributed by atoms with Gasteiger partial charge in [-0.2, -0.15) is 0 Å². The van der Waals surface area contributed by atoms with E-state index in [1.54, 1.807) is 30.3 Å². The summed E-state index contributed by atoms with van der Waals surface area (Å²) in [7, 11) is 3.01. The van der Waals surface area contributed by atoms with Gasteiger partial charge in [-0.1, -0.05) is 42.5 Å². The second kappa shape index (κ2) is 10.7. The first-order valence-corrected chi connectivity index (χ1v) is 9.55. The van der Waals surface area contributed by atoms with Crippen LogP contribution in [0.25, 0.3) is 11.1 Å². The van der Waals surface area contributed by atoms with Crippen LogP contribution in [0, 0.1) is 0 Å². The minimum absolute atomic E-state index is 0.305. The van der Waals surface area contributed by atoms with E-state index in [1.807, 2.05) is 42.5 Å². The predicted molar refractivity (Wildman–Crippen MR) is 117 cm³/mol. The van der Waals surface area contributed by atoms with Crippen LogP contribution in [0.2, 0.25) is 0 Å². The number of ether oxygens (including phenoxy) is 4. The molecule has 3 rings (SSSR count). The summed E-state index contributed by atoms with van der Waals surface area (Å²) in [6.07, 6.45) is 0. The molecule has 0 saturated heterocycles. The average Bonchev–Trinajstić information content (AvgIpc) is 2.82. The Kier molecular flexibility index (Phi) is 7.48. The number of carbonyl (C=O) groups excluding carboxylic acids is 2. The molecular formula is C24H23NO6. The van der Waals surface area contributed by atoms with Crippen LogP contribution in [0.5, 0.6) is 17.2 Å². The van der Waals surface area contributed by atoms with Crippen molar-refractivity contribution < 1.29 is 28.5 Å². The normalized spacial score (nSPS) is 10.1. The fraction of sp³-hybridized carbons (Fsp3) is 0.167. The van der Waals surface area contributed by atoms with Gasteiger partial charge in [0.05, 0.1) is 19.9 Å². The zero-order valence-corrected chi connectivity index (χ0v) is 17.3. The van der Waals surface area contributed by atoms with Gasteiger partial charge in [-0.05, 0) is 35.4 Å². The standard InChI is InChI=1S/C24H23NO6/c1-28-20-12-13-22(29-2)21(14-20)25-23(26)15-31-24(27)16-30-19-10-8-18(9-11-19)17-6-4-3-5-7-17/h3-14H,15-16H2,1-2H3,(H,25,26). The van der Waals surface area contributed by atoms with Gasteiger partial charge in [0.2, 0.25) is 0 Å². The second-order valence-corrected chi connectivity index (χ2v) is 6.45. The van der Waals surface area contributed by atoms with E-state index in [9.17, 15) is 9.59 Å². The minimum Gasteiger partial charge on any atom is -0.497 e. The van der Waals surface area contributed by atoms with Crippen LogP contribution in [0.4, 0.5) is 5.69 Å². The summed E-state index contributed by atoms with van der Waals surface area (Å²) >= 11 is 0. The van der Waals surface area contributed by atoms with Crippen molar-refractivity contribution in [3.63, 3.8) is 0 Å². The minimum atomic E-state index is -0.653. The van der Waals surface area contributed by atoms with Gasteiger partial charge in [0.15, 0.2) is 13.2 Å². The molecule has 31 heavy (non-hydrogen) atoms. The van der Waals surface area contributed by atoms with Crippen molar-refractivity contribution in [2.45, 2.75) is 0 Å². The molecule has 160 valence electrons. The lowest BCUT2D eigenvalue weighted by Gasteiger charge is -2.12. The van der Waals surface area contributed by atoms with Crippen molar-refractivity contribution in [2.24, 2.45) is 0 Å². The van der Waals surface area contributed by atoms with Crippen LogP contribution in [-0.4, -0.2) is 39.3 Å². The summed E-state index contributed by atoms with van der Waals surface area (Å²) in [5.74, 6) is 0.386. The Morgan fingerprint density at radius 2 is 1.45 bits per heavy atom. The number of methoxy groups -OCH3 is 2. The number of carbonyl (C=O) groups is 2. The first-order chi connectivity index (χ1) is 15.1. The van der Waals surface area contributed by atoms with E-state index < -0.39 is 18.5 Å². The van der Waals surface area contributed by atoms with Crippen LogP contribution in [0.1, 0.15) is 0 Å². The quantitative estimate of drug-likeness (QED) is 0.527. The van der Waals surface area contributed by atoms with Crippen LogP contribution >= 0.6 is 0 Å². The molecule has 1 amide bonds. The highest BCUT2D eigenvalue weighted by atomic mass is 16.6. The zero-order chi connectivity index (χ0) is 22.1. The molecule has 3 aromatic carbocycles. The lowest BCUT2D eigenvalue weighted by molar-refractivity contribution is -0.149. The molecular weight excluding hydrogens is 398 g/mol. The molecule has 0 aliphatic rings. The monoisotopic (exact) mass is 421 g/mol. The predicted octanol–water partition coefficient (Wildman–Crippen LogP) is 3.93. The number of hydrogen-bond donors (Lipinski definition) is 1. The van der Waals surface area contributed by atoms with E-state index in [2.05, 4.69) is 5.32 Å². The molecule has 1 N–H and O–H groups in total. The Labute approximate surface area is 180 Å². The third-order valence-corrected chi connectivity index (χ3v) is 4.36. The Hall–Kier alpha value is -4.00. The molecule has 0 heterocycles. The van der Waals surface area contributed by atoms with Crippen molar-refractivity contribution in [3.05, 3.63) is 72.8 Å². The Bertz CT molecular complexity index is 1020. The Morgan fingerprint density at radius 1 is 0.774 bits per heavy atom. The summed E-state index contributed by atoms with van der Waals surface area (Å²) in [5.41, 5.74) is 2.55. The molecule has 0 fully saturated rings. The van der Waals surface area contributed by atoms with Gasteiger partial charge >= 0.3 is 5.97 Å². The summed E-state index contributed by atoms with van der Waals surface area (Å²) in [4.78, 5) is 24.0. The Balaban J connectivity index is 1.45. The Morgan fingerprint density at radius 3 is 2.13 bits per heavy atom. The topological polar surface area (TPSA) is 83.1 Å². The molecule has 0 atom stereocenters. The van der Waals surface area contributed by atoms with Gasteiger partial charge in [0.1, 0.15) is 17.2 Å². The maximum absolute atomic E-state index is 12.1. The lowest BCUT2D eigenvalue weighted by Crippen LogP contribution is -2.23. The number of anilines is 1. The fourth-order valence-electron chi connectivity index (χ4n) is 2.80. The van der Waals surface area contributed by atoms with Gasteiger partial charge < -0.3 is 24.3 Å². The highest BCUT2D eigenvalue weighted by Crippen LogP contribution is 2.28. The SMILES string of the molecule is COc1ccc(OC)c(NC(=O)COC(=O)COc2ccc(-c3ccccc3)cc2)c1. The summed E-state index contributed by atoms with van der Waals surface area (Å²) in [6.45, 7) is -0.754. The molecule has 0 radical (unpaired) electrons. The number of benzene rings is 3. The van der Waals surface area contributed by atoms with Crippen molar-refractivity contribution in [1.82, 2.24) is 0 Å². The van der Waals surface area contributed by atoms with Gasteiger partial charge in [0, 0.05) is 6.07 Å². The van der Waals surface area contributed by atoms with E-state index in [-0.39, 0.29) is 6.61 Å². The van der Waals surface area contributed by atoms with Crippen molar-refractivity contribution in [2.75, 3.05) is 32.8 Å². The van der Waals surface area contributed by atoms with Gasteiger partial charge in [-0.15, -0.1) is 0 Å². The van der Waals surface area contributed by atoms with Crippen molar-refractivity contribution in [1.29, 1.82) is 0 Å². The highest BCUT2D eigenvalue weighted by Gasteiger charge is 2.12. The number of hydrogen-bond acceptors (Lipinski definition) is 6. The average molecular weight is 421 g/mol. The summed E-state index contributed by atoms with van der Waals surface area (Å²) in [5, 5.41) is 2.63. The number of esters is 1. The lowest BCUT2D eigenvalue weighted by atomic mass is 10.1. The first kappa shape index (κ1) is 21.7. The van der Waals surface area contributed by atoms with E-state index in [4.69, 9.17) is 18.9 Å². The van der Waals surface area contributed by atoms with Crippen molar-refractivity contribution in [3.8, 4) is 28.4 Å². The molecule has 0 aliphatic carbocycles. The molecule has 0 aromatic heterocycles. The molecule has 7 heteroatoms. The van der Waals surface area contributed by atoms with E-state index >= 15 is 0 Å². The van der Waals surface area contributed by atoms with Gasteiger partial charge in [0.25, 0.3) is 5.91 Å². The largest absolute Gasteiger partial charge is 0.497 e. The van der Waals surface area contributed by atoms with Crippen LogP contribution in [0.3, 0.4) is 0 Å². The molecule has 7 nitrogen and oxygen atoms in total. The molecule has 0 unspecified atom stereocenters. The highest BCUT2D eigenvalue weighted by molar-refractivity contribution is 5.94. The number of rotatable bonds is 9. The third-order valence-electron chi connectivity index (χ3n) is 4.36. The molecule has 0 aliphatic heterocycles. The molecule has 0 saturated carbocycles. The number of nitrogens with one attached hydrogen (secondary N) is 1. The van der Waals surface area contributed by atoms with E-state index in [0.717, 1.165) is 11.1 Å². The zero-order valence-electron chi connectivity index (χ0n) is 17.3. The van der Waals surface area contributed by atoms with Crippen LogP contribution < -0.4 is 19.5 Å². The second-order valence-electron chi connectivity index (χ2n) is 6.45. The number of amides is 1. The summed E-state index contributed by atoms with van der Waals surface area (Å²) < 4.78 is 20.7. The fourth-order valence-corrected chi connectivity index (χ4v) is 2.80. The maximum Gasteiger partial charge on any atom is 0.344 e. The van der Waals surface area contributed by atoms with Gasteiger partial charge in [-0.25, -0.2) is 4.79 Å². The maximum atomic E-state index is 12.1. The molecule has 3 aromatic rings. The van der Waals surface area contributed by atoms with Crippen LogP contribution in [-0.2, 0) is 14.3 Å². The van der Waals surface area contributed by atoms with E-state index in [0.29, 0.717) is 22.9 Å². The first-order valence-electron chi connectivity index (χ1n) is 9.55. The third kappa shape index (κ3) is 6.24. The molecule has 0 bridgehead atoms. The van der Waals surface area contributed by atoms with Crippen LogP contribution in [0.15, 0.2) is 72.8 Å². The van der Waals surface area contributed by atoms with Crippen molar-refractivity contribution >= 4 is 17.6 Å². The smallest absolute Gasteiger partial charge is 0.344 e.